The number of carbonyl (C=O) groups is 1. The highest BCUT2D eigenvalue weighted by atomic mass is 35.5. The molecule has 0 aliphatic rings. The molecule has 0 aliphatic carbocycles. The minimum atomic E-state index is -4.90. The molecule has 0 aliphatic heterocycles. The third kappa shape index (κ3) is 8.30. The van der Waals surface area contributed by atoms with Gasteiger partial charge in [0.2, 0.25) is 10.0 Å². The quantitative estimate of drug-likeness (QED) is 0.317. The van der Waals surface area contributed by atoms with Crippen molar-refractivity contribution >= 4 is 44.9 Å². The topological polar surface area (TPSA) is 96.5 Å². The SMILES string of the molecule is CS(=O)(=O)NCc1ccc(CNC(=O)Nc2cc(Cl)c(-c3ccccc3OC(F)(F)F)c(Cl)c2)cc1. The number of alkyl halides is 3. The van der Waals surface area contributed by atoms with E-state index in [1.807, 2.05) is 0 Å². The molecule has 0 bridgehead atoms. The number of nitrogens with one attached hydrogen (secondary N) is 3. The van der Waals surface area contributed by atoms with Crippen LogP contribution in [0.25, 0.3) is 11.1 Å². The van der Waals surface area contributed by atoms with Gasteiger partial charge in [0.05, 0.1) is 16.3 Å². The summed E-state index contributed by atoms with van der Waals surface area (Å²) in [5.41, 5.74) is 1.90. The number of ether oxygens (including phenoxy) is 1. The fourth-order valence-corrected chi connectivity index (χ4v) is 4.26. The molecule has 0 atom stereocenters. The van der Waals surface area contributed by atoms with Gasteiger partial charge in [-0.2, -0.15) is 0 Å². The van der Waals surface area contributed by atoms with Crippen LogP contribution in [-0.2, 0) is 23.1 Å². The molecule has 0 aromatic heterocycles. The lowest BCUT2D eigenvalue weighted by molar-refractivity contribution is -0.274. The summed E-state index contributed by atoms with van der Waals surface area (Å²) < 4.78 is 67.1. The highest BCUT2D eigenvalue weighted by Gasteiger charge is 2.32. The van der Waals surface area contributed by atoms with Crippen molar-refractivity contribution in [2.45, 2.75) is 19.5 Å². The first-order chi connectivity index (χ1) is 16.8. The summed E-state index contributed by atoms with van der Waals surface area (Å²) in [5.74, 6) is -0.467. The smallest absolute Gasteiger partial charge is 0.405 e. The maximum absolute atomic E-state index is 12.8. The fourth-order valence-electron chi connectivity index (χ4n) is 3.14. The van der Waals surface area contributed by atoms with E-state index in [9.17, 15) is 26.4 Å². The van der Waals surface area contributed by atoms with Crippen LogP contribution >= 0.6 is 23.2 Å². The Labute approximate surface area is 215 Å². The lowest BCUT2D eigenvalue weighted by Gasteiger charge is -2.16. The fraction of sp³-hybridized carbons (Fsp3) is 0.174. The highest BCUT2D eigenvalue weighted by Crippen LogP contribution is 2.42. The van der Waals surface area contributed by atoms with E-state index in [-0.39, 0.29) is 39.9 Å². The third-order valence-electron chi connectivity index (χ3n) is 4.70. The first kappa shape index (κ1) is 27.6. The maximum Gasteiger partial charge on any atom is 0.573 e. The molecule has 7 nitrogen and oxygen atoms in total. The van der Waals surface area contributed by atoms with Crippen LogP contribution in [0.2, 0.25) is 10.0 Å². The van der Waals surface area contributed by atoms with E-state index in [4.69, 9.17) is 23.2 Å². The number of rotatable bonds is 8. The Hall–Kier alpha value is -2.99. The lowest BCUT2D eigenvalue weighted by Crippen LogP contribution is -2.28. The molecule has 0 radical (unpaired) electrons. The van der Waals surface area contributed by atoms with E-state index in [0.29, 0.717) is 0 Å². The number of para-hydroxylation sites is 1. The summed E-state index contributed by atoms with van der Waals surface area (Å²) in [6.45, 7) is 0.324. The highest BCUT2D eigenvalue weighted by molar-refractivity contribution is 7.88. The Morgan fingerprint density at radius 1 is 0.944 bits per heavy atom. The van der Waals surface area contributed by atoms with Gasteiger partial charge in [0.15, 0.2) is 0 Å². The van der Waals surface area contributed by atoms with Crippen LogP contribution in [0.15, 0.2) is 60.7 Å². The Kier molecular flexibility index (Phi) is 8.72. The molecule has 36 heavy (non-hydrogen) atoms. The number of halogens is 5. The lowest BCUT2D eigenvalue weighted by atomic mass is 10.0. The molecule has 2 amide bonds. The van der Waals surface area contributed by atoms with Crippen molar-refractivity contribution in [1.82, 2.24) is 10.0 Å². The van der Waals surface area contributed by atoms with Gasteiger partial charge < -0.3 is 15.4 Å². The van der Waals surface area contributed by atoms with E-state index in [1.165, 1.54) is 30.3 Å². The summed E-state index contributed by atoms with van der Waals surface area (Å²) in [5, 5.41) is 5.23. The van der Waals surface area contributed by atoms with Crippen LogP contribution in [0, 0.1) is 0 Å². The molecule has 0 saturated heterocycles. The Morgan fingerprint density at radius 3 is 2.06 bits per heavy atom. The summed E-state index contributed by atoms with van der Waals surface area (Å²) in [7, 11) is -3.30. The molecule has 3 rings (SSSR count). The van der Waals surface area contributed by atoms with E-state index < -0.39 is 28.2 Å². The molecule has 0 spiro atoms. The number of benzene rings is 3. The number of hydrogen-bond acceptors (Lipinski definition) is 4. The van der Waals surface area contributed by atoms with Crippen molar-refractivity contribution in [3.05, 3.63) is 81.8 Å². The van der Waals surface area contributed by atoms with E-state index in [1.54, 1.807) is 24.3 Å². The second-order valence-electron chi connectivity index (χ2n) is 7.58. The maximum atomic E-state index is 12.8. The average Bonchev–Trinajstić information content (AvgIpc) is 2.76. The number of urea groups is 1. The Bertz CT molecular complexity index is 1330. The number of hydrogen-bond donors (Lipinski definition) is 3. The molecule has 0 saturated carbocycles. The van der Waals surface area contributed by atoms with E-state index in [2.05, 4.69) is 20.1 Å². The van der Waals surface area contributed by atoms with Gasteiger partial charge in [-0.1, -0.05) is 65.7 Å². The number of carbonyl (C=O) groups excluding carboxylic acids is 1. The van der Waals surface area contributed by atoms with Gasteiger partial charge in [0.25, 0.3) is 0 Å². The zero-order chi connectivity index (χ0) is 26.5. The Balaban J connectivity index is 1.65. The monoisotopic (exact) mass is 561 g/mol. The van der Waals surface area contributed by atoms with Crippen LogP contribution in [-0.4, -0.2) is 27.1 Å². The largest absolute Gasteiger partial charge is 0.573 e. The van der Waals surface area contributed by atoms with Crippen molar-refractivity contribution in [3.63, 3.8) is 0 Å². The molecule has 3 aromatic rings. The van der Waals surface area contributed by atoms with Crippen molar-refractivity contribution < 1.29 is 31.1 Å². The van der Waals surface area contributed by atoms with Crippen LogP contribution < -0.4 is 20.1 Å². The number of anilines is 1. The van der Waals surface area contributed by atoms with E-state index in [0.717, 1.165) is 23.4 Å². The van der Waals surface area contributed by atoms with Crippen molar-refractivity contribution in [2.75, 3.05) is 11.6 Å². The zero-order valence-electron chi connectivity index (χ0n) is 18.6. The van der Waals surface area contributed by atoms with Gasteiger partial charge in [-0.05, 0) is 29.3 Å². The van der Waals surface area contributed by atoms with Crippen molar-refractivity contribution in [2.24, 2.45) is 0 Å². The zero-order valence-corrected chi connectivity index (χ0v) is 20.9. The van der Waals surface area contributed by atoms with Gasteiger partial charge in [-0.25, -0.2) is 17.9 Å². The summed E-state index contributed by atoms with van der Waals surface area (Å²) in [6.07, 6.45) is -3.83. The first-order valence-corrected chi connectivity index (χ1v) is 12.9. The predicted molar refractivity (Wildman–Crippen MR) is 133 cm³/mol. The standard InChI is InChI=1S/C23H20Cl2F3N3O4S/c1-36(33,34)30-13-15-8-6-14(7-9-15)12-29-22(32)31-16-10-18(24)21(19(25)11-16)17-4-2-3-5-20(17)35-23(26,27)28/h2-11,30H,12-13H2,1H3,(H2,29,31,32). The molecule has 0 fully saturated rings. The first-order valence-electron chi connectivity index (χ1n) is 10.2. The van der Waals surface area contributed by atoms with Crippen molar-refractivity contribution in [1.29, 1.82) is 0 Å². The minimum Gasteiger partial charge on any atom is -0.405 e. The minimum absolute atomic E-state index is 0.00863. The molecule has 3 N–H and O–H groups in total. The molecule has 0 unspecified atom stereocenters. The van der Waals surface area contributed by atoms with Crippen LogP contribution in [0.3, 0.4) is 0 Å². The summed E-state index contributed by atoms with van der Waals surface area (Å²) in [6, 6.07) is 14.5. The van der Waals surface area contributed by atoms with Gasteiger partial charge in [-0.15, -0.1) is 13.2 Å². The molecular formula is C23H20Cl2F3N3O4S. The van der Waals surface area contributed by atoms with Crippen molar-refractivity contribution in [3.8, 4) is 16.9 Å². The van der Waals surface area contributed by atoms with Gasteiger partial charge in [0.1, 0.15) is 5.75 Å². The normalized spacial score (nSPS) is 11.7. The second-order valence-corrected chi connectivity index (χ2v) is 10.2. The molecule has 0 heterocycles. The molecular weight excluding hydrogens is 542 g/mol. The molecule has 3 aromatic carbocycles. The van der Waals surface area contributed by atoms with Crippen LogP contribution in [0.1, 0.15) is 11.1 Å². The molecule has 13 heteroatoms. The van der Waals surface area contributed by atoms with Crippen LogP contribution in [0.5, 0.6) is 5.75 Å². The predicted octanol–water partition coefficient (Wildman–Crippen LogP) is 5.93. The summed E-state index contributed by atoms with van der Waals surface area (Å²) in [4.78, 5) is 12.3. The summed E-state index contributed by atoms with van der Waals surface area (Å²) >= 11 is 12.6. The van der Waals surface area contributed by atoms with Gasteiger partial charge in [-0.3, -0.25) is 0 Å². The number of sulfonamides is 1. The average molecular weight is 562 g/mol. The Morgan fingerprint density at radius 2 is 1.50 bits per heavy atom. The van der Waals surface area contributed by atoms with Gasteiger partial charge in [0, 0.05) is 29.9 Å². The van der Waals surface area contributed by atoms with Gasteiger partial charge >= 0.3 is 12.4 Å². The molecule has 192 valence electrons. The number of amides is 2. The van der Waals surface area contributed by atoms with E-state index >= 15 is 0 Å². The van der Waals surface area contributed by atoms with Crippen LogP contribution in [0.4, 0.5) is 23.7 Å². The third-order valence-corrected chi connectivity index (χ3v) is 5.96. The second kappa shape index (κ2) is 11.4.